The highest BCUT2D eigenvalue weighted by molar-refractivity contribution is 9.10. The summed E-state index contributed by atoms with van der Waals surface area (Å²) >= 11 is 3.12. The van der Waals surface area contributed by atoms with Crippen LogP contribution in [0.5, 0.6) is 5.75 Å². The molecule has 0 aromatic heterocycles. The third-order valence-corrected chi connectivity index (χ3v) is 2.98. The summed E-state index contributed by atoms with van der Waals surface area (Å²) in [4.78, 5) is 0. The molecule has 100 valence electrons. The number of aromatic hydroxyl groups is 1. The average molecular weight is 332 g/mol. The topological polar surface area (TPSA) is 32.3 Å². The Bertz CT molecular complexity index is 596. The number of benzene rings is 2. The Kier molecular flexibility index (Phi) is 3.99. The third-order valence-electron chi connectivity index (χ3n) is 2.49. The summed E-state index contributed by atoms with van der Waals surface area (Å²) < 4.78 is 40.3. The third kappa shape index (κ3) is 3.20. The lowest BCUT2D eigenvalue weighted by molar-refractivity contribution is 0.395. The molecule has 0 aliphatic carbocycles. The van der Waals surface area contributed by atoms with E-state index in [1.807, 2.05) is 0 Å². The molecule has 0 amide bonds. The van der Waals surface area contributed by atoms with Crippen molar-refractivity contribution in [2.75, 3.05) is 5.32 Å². The van der Waals surface area contributed by atoms with E-state index in [4.69, 9.17) is 5.11 Å². The lowest BCUT2D eigenvalue weighted by atomic mass is 10.2. The molecular weight excluding hydrogens is 323 g/mol. The van der Waals surface area contributed by atoms with E-state index >= 15 is 0 Å². The molecule has 0 saturated heterocycles. The molecule has 0 unspecified atom stereocenters. The van der Waals surface area contributed by atoms with Gasteiger partial charge in [-0.15, -0.1) is 0 Å². The minimum atomic E-state index is -1.05. The second-order valence-electron chi connectivity index (χ2n) is 3.89. The van der Waals surface area contributed by atoms with E-state index in [2.05, 4.69) is 21.2 Å². The van der Waals surface area contributed by atoms with Crippen LogP contribution in [0.4, 0.5) is 18.9 Å². The van der Waals surface area contributed by atoms with Gasteiger partial charge in [0.25, 0.3) is 0 Å². The molecular formula is C13H9BrF3NO. The Balaban J connectivity index is 2.14. The normalized spacial score (nSPS) is 10.5. The van der Waals surface area contributed by atoms with Crippen molar-refractivity contribution in [3.05, 3.63) is 57.8 Å². The van der Waals surface area contributed by atoms with Crippen LogP contribution in [0, 0.1) is 17.5 Å². The molecule has 0 fully saturated rings. The summed E-state index contributed by atoms with van der Waals surface area (Å²) in [7, 11) is 0. The Labute approximate surface area is 116 Å². The first-order valence-electron chi connectivity index (χ1n) is 5.33. The van der Waals surface area contributed by atoms with Crippen molar-refractivity contribution >= 4 is 21.6 Å². The molecule has 2 aromatic carbocycles. The summed E-state index contributed by atoms with van der Waals surface area (Å²) in [6, 6.07) is 6.40. The van der Waals surface area contributed by atoms with Gasteiger partial charge in [0.2, 0.25) is 0 Å². The number of rotatable bonds is 3. The molecule has 0 saturated carbocycles. The van der Waals surface area contributed by atoms with Gasteiger partial charge in [-0.1, -0.05) is 15.9 Å². The molecule has 19 heavy (non-hydrogen) atoms. The molecule has 2 nitrogen and oxygen atoms in total. The van der Waals surface area contributed by atoms with Crippen molar-refractivity contribution in [3.63, 3.8) is 0 Å². The van der Waals surface area contributed by atoms with Crippen LogP contribution in [-0.4, -0.2) is 5.11 Å². The van der Waals surface area contributed by atoms with Crippen molar-refractivity contribution in [1.82, 2.24) is 0 Å². The van der Waals surface area contributed by atoms with Crippen LogP contribution in [0.15, 0.2) is 34.8 Å². The maximum atomic E-state index is 13.5. The van der Waals surface area contributed by atoms with Gasteiger partial charge in [0.15, 0.2) is 17.4 Å². The van der Waals surface area contributed by atoms with E-state index in [0.717, 1.165) is 12.1 Å². The fourth-order valence-corrected chi connectivity index (χ4v) is 1.88. The summed E-state index contributed by atoms with van der Waals surface area (Å²) in [5.74, 6) is -3.59. The van der Waals surface area contributed by atoms with E-state index in [0.29, 0.717) is 4.47 Å². The second-order valence-corrected chi connectivity index (χ2v) is 4.80. The highest BCUT2D eigenvalue weighted by Gasteiger charge is 2.10. The van der Waals surface area contributed by atoms with Gasteiger partial charge in [0.1, 0.15) is 5.82 Å². The predicted octanol–water partition coefficient (Wildman–Crippen LogP) is 4.18. The number of phenols is 1. The molecule has 0 atom stereocenters. The number of hydrogen-bond acceptors (Lipinski definition) is 2. The summed E-state index contributed by atoms with van der Waals surface area (Å²) in [6.07, 6.45) is 0. The Morgan fingerprint density at radius 2 is 1.63 bits per heavy atom. The van der Waals surface area contributed by atoms with Crippen molar-refractivity contribution in [2.24, 2.45) is 0 Å². The van der Waals surface area contributed by atoms with Crippen LogP contribution in [0.1, 0.15) is 5.56 Å². The minimum Gasteiger partial charge on any atom is -0.503 e. The second kappa shape index (κ2) is 5.52. The van der Waals surface area contributed by atoms with Crippen molar-refractivity contribution in [3.8, 4) is 5.75 Å². The largest absolute Gasteiger partial charge is 0.503 e. The first-order valence-corrected chi connectivity index (χ1v) is 6.12. The fourth-order valence-electron chi connectivity index (χ4n) is 1.55. The number of hydrogen-bond donors (Lipinski definition) is 2. The molecule has 2 rings (SSSR count). The van der Waals surface area contributed by atoms with Crippen LogP contribution in [0.3, 0.4) is 0 Å². The Morgan fingerprint density at radius 3 is 2.21 bits per heavy atom. The molecule has 0 aliphatic heterocycles. The summed E-state index contributed by atoms with van der Waals surface area (Å²) in [5.41, 5.74) is 0.479. The molecule has 0 bridgehead atoms. The molecule has 0 aliphatic rings. The Hall–Kier alpha value is -1.69. The zero-order valence-electron chi connectivity index (χ0n) is 9.55. The number of halogens is 4. The first-order chi connectivity index (χ1) is 8.97. The van der Waals surface area contributed by atoms with Gasteiger partial charge in [-0.3, -0.25) is 0 Å². The maximum Gasteiger partial charge on any atom is 0.187 e. The summed E-state index contributed by atoms with van der Waals surface area (Å²) in [6.45, 7) is 0.0344. The molecule has 0 heterocycles. The quantitative estimate of drug-likeness (QED) is 0.884. The van der Waals surface area contributed by atoms with Crippen molar-refractivity contribution in [1.29, 1.82) is 0 Å². The van der Waals surface area contributed by atoms with Crippen molar-refractivity contribution < 1.29 is 18.3 Å². The van der Waals surface area contributed by atoms with Gasteiger partial charge >= 0.3 is 0 Å². The zero-order valence-corrected chi connectivity index (χ0v) is 11.1. The highest BCUT2D eigenvalue weighted by Crippen LogP contribution is 2.23. The number of nitrogens with one attached hydrogen (secondary N) is 1. The molecule has 0 spiro atoms. The van der Waals surface area contributed by atoms with Gasteiger partial charge in [0, 0.05) is 11.0 Å². The van der Waals surface area contributed by atoms with Crippen LogP contribution < -0.4 is 5.32 Å². The van der Waals surface area contributed by atoms with Gasteiger partial charge in [-0.2, -0.15) is 0 Å². The van der Waals surface area contributed by atoms with Crippen LogP contribution in [0.2, 0.25) is 0 Å². The average Bonchev–Trinajstić information content (AvgIpc) is 2.34. The Morgan fingerprint density at radius 1 is 1.00 bits per heavy atom. The lowest BCUT2D eigenvalue weighted by Gasteiger charge is -2.09. The SMILES string of the molecule is Oc1c(F)cc(CNc2ccc(Br)cc2F)cc1F. The minimum absolute atomic E-state index is 0.0344. The van der Waals surface area contributed by atoms with Crippen LogP contribution in [-0.2, 0) is 6.54 Å². The lowest BCUT2D eigenvalue weighted by Crippen LogP contribution is -2.02. The smallest absolute Gasteiger partial charge is 0.187 e. The monoisotopic (exact) mass is 331 g/mol. The van der Waals surface area contributed by atoms with E-state index in [9.17, 15) is 13.2 Å². The van der Waals surface area contributed by atoms with Gasteiger partial charge in [0.05, 0.1) is 5.69 Å². The standard InChI is InChI=1S/C13H9BrF3NO/c14-8-1-2-12(9(15)5-8)18-6-7-3-10(16)13(19)11(17)4-7/h1-5,18-19H,6H2. The fraction of sp³-hybridized carbons (Fsp3) is 0.0769. The number of anilines is 1. The zero-order chi connectivity index (χ0) is 14.0. The van der Waals surface area contributed by atoms with Gasteiger partial charge in [-0.25, -0.2) is 13.2 Å². The number of phenolic OH excluding ortho intramolecular Hbond substituents is 1. The predicted molar refractivity (Wildman–Crippen MR) is 69.4 cm³/mol. The van der Waals surface area contributed by atoms with E-state index in [1.165, 1.54) is 12.1 Å². The first kappa shape index (κ1) is 13.7. The maximum absolute atomic E-state index is 13.5. The van der Waals surface area contributed by atoms with Gasteiger partial charge in [-0.05, 0) is 35.9 Å². The van der Waals surface area contributed by atoms with E-state index in [-0.39, 0.29) is 17.8 Å². The highest BCUT2D eigenvalue weighted by atomic mass is 79.9. The van der Waals surface area contributed by atoms with Crippen molar-refractivity contribution in [2.45, 2.75) is 6.54 Å². The molecule has 2 aromatic rings. The van der Waals surface area contributed by atoms with E-state index < -0.39 is 23.2 Å². The van der Waals surface area contributed by atoms with Crippen LogP contribution in [0.25, 0.3) is 0 Å². The molecule has 2 N–H and O–H groups in total. The molecule has 6 heteroatoms. The molecule has 0 radical (unpaired) electrons. The van der Waals surface area contributed by atoms with Crippen LogP contribution >= 0.6 is 15.9 Å². The summed E-state index contributed by atoms with van der Waals surface area (Å²) in [5, 5.41) is 11.7. The van der Waals surface area contributed by atoms with Gasteiger partial charge < -0.3 is 10.4 Å². The van der Waals surface area contributed by atoms with E-state index in [1.54, 1.807) is 6.07 Å².